The summed E-state index contributed by atoms with van der Waals surface area (Å²) in [5, 5.41) is 8.84. The van der Waals surface area contributed by atoms with Crippen molar-refractivity contribution in [3.63, 3.8) is 0 Å². The molecule has 0 amide bonds. The Morgan fingerprint density at radius 2 is 2.20 bits per heavy atom. The van der Waals surface area contributed by atoms with Gasteiger partial charge in [0.15, 0.2) is 18.3 Å². The van der Waals surface area contributed by atoms with Crippen molar-refractivity contribution in [2.24, 2.45) is 0 Å². The lowest BCUT2D eigenvalue weighted by Gasteiger charge is -2.04. The van der Waals surface area contributed by atoms with Crippen molar-refractivity contribution in [2.75, 3.05) is 0 Å². The maximum Gasteiger partial charge on any atom is 0.304 e. The van der Waals surface area contributed by atoms with Gasteiger partial charge < -0.3 is 9.84 Å². The third kappa shape index (κ3) is 2.88. The zero-order valence-corrected chi connectivity index (χ0v) is 8.56. The minimum Gasteiger partial charge on any atom is -0.444 e. The van der Waals surface area contributed by atoms with Crippen molar-refractivity contribution in [3.8, 4) is 0 Å². The molecular weight excluding hydrogens is 200 g/mol. The quantitative estimate of drug-likeness (QED) is 0.565. The molecule has 0 atom stereocenters. The van der Waals surface area contributed by atoms with Crippen molar-refractivity contribution in [2.45, 2.75) is 27.2 Å². The highest BCUT2D eigenvalue weighted by Gasteiger charge is 2.11. The summed E-state index contributed by atoms with van der Waals surface area (Å²) in [6.45, 7) is 2.30. The van der Waals surface area contributed by atoms with E-state index in [1.165, 1.54) is 24.6 Å². The van der Waals surface area contributed by atoms with E-state index in [4.69, 9.17) is 9.84 Å². The van der Waals surface area contributed by atoms with Gasteiger partial charge in [-0.2, -0.15) is 0 Å². The SMILES string of the molecule is CC(=O)OCn1cc(CO)nc1C(C)=O. The molecule has 0 saturated heterocycles. The number of hydrogen-bond acceptors (Lipinski definition) is 5. The van der Waals surface area contributed by atoms with Crippen LogP contribution in [0.2, 0.25) is 0 Å². The first-order chi connectivity index (χ1) is 7.04. The summed E-state index contributed by atoms with van der Waals surface area (Å²) in [5.41, 5.74) is 0.368. The highest BCUT2D eigenvalue weighted by atomic mass is 16.5. The Morgan fingerprint density at radius 1 is 1.53 bits per heavy atom. The normalized spacial score (nSPS) is 10.1. The molecule has 0 radical (unpaired) electrons. The Kier molecular flexibility index (Phi) is 3.56. The molecule has 6 nitrogen and oxygen atoms in total. The van der Waals surface area contributed by atoms with E-state index in [0.717, 1.165) is 0 Å². The summed E-state index contributed by atoms with van der Waals surface area (Å²) in [6.07, 6.45) is 1.47. The number of aromatic nitrogens is 2. The number of esters is 1. The van der Waals surface area contributed by atoms with Crippen LogP contribution >= 0.6 is 0 Å². The van der Waals surface area contributed by atoms with E-state index < -0.39 is 5.97 Å². The van der Waals surface area contributed by atoms with Crippen LogP contribution in [0, 0.1) is 0 Å². The number of ketones is 1. The van der Waals surface area contributed by atoms with Crippen LogP contribution in [0.15, 0.2) is 6.20 Å². The molecule has 0 bridgehead atoms. The van der Waals surface area contributed by atoms with Gasteiger partial charge >= 0.3 is 5.97 Å². The van der Waals surface area contributed by atoms with Gasteiger partial charge in [0.25, 0.3) is 0 Å². The zero-order chi connectivity index (χ0) is 11.4. The number of ether oxygens (including phenoxy) is 1. The fraction of sp³-hybridized carbons (Fsp3) is 0.444. The molecule has 0 aliphatic carbocycles. The second kappa shape index (κ2) is 4.70. The van der Waals surface area contributed by atoms with Crippen LogP contribution in [-0.2, 0) is 22.9 Å². The van der Waals surface area contributed by atoms with E-state index in [2.05, 4.69) is 4.98 Å². The Bertz CT molecular complexity index is 383. The largest absolute Gasteiger partial charge is 0.444 e. The zero-order valence-electron chi connectivity index (χ0n) is 8.56. The van der Waals surface area contributed by atoms with E-state index in [-0.39, 0.29) is 24.9 Å². The van der Waals surface area contributed by atoms with Crippen LogP contribution in [0.5, 0.6) is 0 Å². The Balaban J connectivity index is 2.88. The summed E-state index contributed by atoms with van der Waals surface area (Å²) < 4.78 is 6.11. The minimum atomic E-state index is -0.441. The number of carbonyl (C=O) groups is 2. The first-order valence-electron chi connectivity index (χ1n) is 4.35. The molecule has 1 aromatic heterocycles. The minimum absolute atomic E-state index is 0.0722. The summed E-state index contributed by atoms with van der Waals surface area (Å²) in [4.78, 5) is 25.6. The molecule has 15 heavy (non-hydrogen) atoms. The standard InChI is InChI=1S/C9H12N2O4/c1-6(13)9-10-8(4-12)3-11(9)5-15-7(2)14/h3,12H,4-5H2,1-2H3. The molecule has 0 saturated carbocycles. The van der Waals surface area contributed by atoms with Gasteiger partial charge in [0, 0.05) is 20.0 Å². The maximum absolute atomic E-state index is 11.1. The molecule has 1 rings (SSSR count). The van der Waals surface area contributed by atoms with Crippen molar-refractivity contribution >= 4 is 11.8 Å². The van der Waals surface area contributed by atoms with E-state index in [1.54, 1.807) is 0 Å². The van der Waals surface area contributed by atoms with Gasteiger partial charge in [-0.15, -0.1) is 0 Å². The first kappa shape index (κ1) is 11.4. The molecule has 0 fully saturated rings. The molecule has 1 N–H and O–H groups in total. The van der Waals surface area contributed by atoms with Gasteiger partial charge in [0.2, 0.25) is 0 Å². The molecule has 1 aromatic rings. The number of aliphatic hydroxyl groups is 1. The Morgan fingerprint density at radius 3 is 2.67 bits per heavy atom. The van der Waals surface area contributed by atoms with Crippen LogP contribution in [0.3, 0.4) is 0 Å². The fourth-order valence-electron chi connectivity index (χ4n) is 1.09. The monoisotopic (exact) mass is 212 g/mol. The second-order valence-corrected chi connectivity index (χ2v) is 3.00. The average Bonchev–Trinajstić information content (AvgIpc) is 2.57. The summed E-state index contributed by atoms with van der Waals surface area (Å²) in [5.74, 6) is -0.522. The molecule has 82 valence electrons. The van der Waals surface area contributed by atoms with Gasteiger partial charge in [0.05, 0.1) is 12.3 Å². The molecule has 0 unspecified atom stereocenters. The molecule has 0 aliphatic rings. The highest BCUT2D eigenvalue weighted by molar-refractivity contribution is 5.90. The summed E-state index contributed by atoms with van der Waals surface area (Å²) >= 11 is 0. The number of Topliss-reactive ketones (excluding diaryl/α,β-unsaturated/α-hetero) is 1. The number of carbonyl (C=O) groups excluding carboxylic acids is 2. The van der Waals surface area contributed by atoms with Crippen LogP contribution in [0.4, 0.5) is 0 Å². The predicted octanol–water partition coefficient (Wildman–Crippen LogP) is 0.0986. The van der Waals surface area contributed by atoms with Crippen LogP contribution in [0.1, 0.15) is 30.2 Å². The van der Waals surface area contributed by atoms with E-state index in [0.29, 0.717) is 5.69 Å². The fourth-order valence-corrected chi connectivity index (χ4v) is 1.09. The van der Waals surface area contributed by atoms with E-state index >= 15 is 0 Å². The van der Waals surface area contributed by atoms with Gasteiger partial charge in [-0.25, -0.2) is 4.98 Å². The van der Waals surface area contributed by atoms with Crippen LogP contribution in [0.25, 0.3) is 0 Å². The lowest BCUT2D eigenvalue weighted by Crippen LogP contribution is -2.11. The number of aliphatic hydroxyl groups excluding tert-OH is 1. The smallest absolute Gasteiger partial charge is 0.304 e. The highest BCUT2D eigenvalue weighted by Crippen LogP contribution is 2.05. The molecule has 0 aromatic carbocycles. The van der Waals surface area contributed by atoms with Gasteiger partial charge in [0.1, 0.15) is 0 Å². The maximum atomic E-state index is 11.1. The van der Waals surface area contributed by atoms with Crippen molar-refractivity contribution in [1.29, 1.82) is 0 Å². The number of rotatable bonds is 4. The predicted molar refractivity (Wildman–Crippen MR) is 49.9 cm³/mol. The molecular formula is C9H12N2O4. The lowest BCUT2D eigenvalue weighted by molar-refractivity contribution is -0.144. The molecule has 6 heteroatoms. The van der Waals surface area contributed by atoms with Crippen molar-refractivity contribution < 1.29 is 19.4 Å². The molecule has 0 aliphatic heterocycles. The van der Waals surface area contributed by atoms with E-state index in [9.17, 15) is 9.59 Å². The number of hydrogen-bond donors (Lipinski definition) is 1. The first-order valence-corrected chi connectivity index (χ1v) is 4.35. The Hall–Kier alpha value is -1.69. The third-order valence-electron chi connectivity index (χ3n) is 1.71. The average molecular weight is 212 g/mol. The number of nitrogens with zero attached hydrogens (tertiary/aromatic N) is 2. The van der Waals surface area contributed by atoms with Gasteiger partial charge in [-0.1, -0.05) is 0 Å². The molecule has 0 spiro atoms. The third-order valence-corrected chi connectivity index (χ3v) is 1.71. The molecule has 1 heterocycles. The van der Waals surface area contributed by atoms with Crippen molar-refractivity contribution in [3.05, 3.63) is 17.7 Å². The van der Waals surface area contributed by atoms with Gasteiger partial charge in [-0.3, -0.25) is 14.2 Å². The lowest BCUT2D eigenvalue weighted by atomic mass is 10.4. The van der Waals surface area contributed by atoms with Crippen molar-refractivity contribution in [1.82, 2.24) is 9.55 Å². The van der Waals surface area contributed by atoms with Crippen LogP contribution < -0.4 is 0 Å². The summed E-state index contributed by atoms with van der Waals surface area (Å²) in [6, 6.07) is 0. The Labute approximate surface area is 86.5 Å². The van der Waals surface area contributed by atoms with E-state index in [1.807, 2.05) is 0 Å². The number of imidazole rings is 1. The van der Waals surface area contributed by atoms with Gasteiger partial charge in [-0.05, 0) is 0 Å². The topological polar surface area (TPSA) is 81.4 Å². The van der Waals surface area contributed by atoms with Crippen LogP contribution in [-0.4, -0.2) is 26.4 Å². The second-order valence-electron chi connectivity index (χ2n) is 3.00. The summed E-state index contributed by atoms with van der Waals surface area (Å²) in [7, 11) is 0.